The molecule has 0 fully saturated rings. The van der Waals surface area contributed by atoms with Gasteiger partial charge in [-0.3, -0.25) is 5.10 Å². The average molecular weight is 255 g/mol. The van der Waals surface area contributed by atoms with E-state index in [0.29, 0.717) is 11.9 Å². The molecule has 5 heteroatoms. The van der Waals surface area contributed by atoms with Gasteiger partial charge in [0.15, 0.2) is 5.82 Å². The van der Waals surface area contributed by atoms with Gasteiger partial charge in [-0.2, -0.15) is 5.10 Å². The van der Waals surface area contributed by atoms with Gasteiger partial charge in [-0.15, -0.1) is 0 Å². The van der Waals surface area contributed by atoms with Crippen LogP contribution in [0.3, 0.4) is 0 Å². The van der Waals surface area contributed by atoms with Crippen LogP contribution < -0.4 is 5.73 Å². The fraction of sp³-hybridized carbons (Fsp3) is 0.286. The molecule has 0 saturated heterocycles. The fourth-order valence-corrected chi connectivity index (χ4v) is 2.37. The highest BCUT2D eigenvalue weighted by atomic mass is 15.2. The fourth-order valence-electron chi connectivity index (χ4n) is 2.37. The number of rotatable bonds is 2. The van der Waals surface area contributed by atoms with Gasteiger partial charge in [0.25, 0.3) is 0 Å². The molecule has 3 rings (SSSR count). The van der Waals surface area contributed by atoms with Crippen molar-refractivity contribution in [2.75, 3.05) is 5.73 Å². The van der Waals surface area contributed by atoms with Crippen LogP contribution in [-0.2, 0) is 0 Å². The number of nitrogens with zero attached hydrogens (tertiary/aromatic N) is 3. The average Bonchev–Trinajstić information content (AvgIpc) is 2.91. The second-order valence-electron chi connectivity index (χ2n) is 5.10. The van der Waals surface area contributed by atoms with Crippen LogP contribution in [0.5, 0.6) is 0 Å². The van der Waals surface area contributed by atoms with E-state index in [1.54, 1.807) is 0 Å². The number of aromatic amines is 1. The zero-order valence-electron chi connectivity index (χ0n) is 11.3. The first-order valence-electron chi connectivity index (χ1n) is 6.36. The first-order valence-corrected chi connectivity index (χ1v) is 6.36. The number of nitrogens with one attached hydrogen (secondary N) is 1. The zero-order chi connectivity index (χ0) is 13.6. The van der Waals surface area contributed by atoms with Crippen LogP contribution in [0.15, 0.2) is 24.3 Å². The Morgan fingerprint density at radius 1 is 1.26 bits per heavy atom. The summed E-state index contributed by atoms with van der Waals surface area (Å²) in [6, 6.07) is 8.44. The van der Waals surface area contributed by atoms with Crippen molar-refractivity contribution in [2.24, 2.45) is 0 Å². The van der Waals surface area contributed by atoms with Gasteiger partial charge in [-0.05, 0) is 38.5 Å². The largest absolute Gasteiger partial charge is 0.382 e. The van der Waals surface area contributed by atoms with Gasteiger partial charge in [0.05, 0.1) is 11.0 Å². The number of imidazole rings is 1. The van der Waals surface area contributed by atoms with Crippen molar-refractivity contribution in [3.8, 4) is 11.5 Å². The topological polar surface area (TPSA) is 72.5 Å². The molecule has 5 nitrogen and oxygen atoms in total. The quantitative estimate of drug-likeness (QED) is 0.739. The van der Waals surface area contributed by atoms with E-state index in [1.165, 1.54) is 5.56 Å². The van der Waals surface area contributed by atoms with Crippen molar-refractivity contribution in [2.45, 2.75) is 26.8 Å². The van der Waals surface area contributed by atoms with E-state index in [4.69, 9.17) is 10.7 Å². The molecule has 0 aliphatic carbocycles. The van der Waals surface area contributed by atoms with Crippen molar-refractivity contribution in [3.63, 3.8) is 0 Å². The van der Waals surface area contributed by atoms with Gasteiger partial charge in [0.2, 0.25) is 0 Å². The summed E-state index contributed by atoms with van der Waals surface area (Å²) in [5.41, 5.74) is 9.86. The van der Waals surface area contributed by atoms with Crippen molar-refractivity contribution < 1.29 is 0 Å². The summed E-state index contributed by atoms with van der Waals surface area (Å²) in [4.78, 5) is 4.71. The maximum absolute atomic E-state index is 5.68. The number of hydrogen-bond donors (Lipinski definition) is 2. The number of nitrogens with two attached hydrogens (primary N) is 1. The minimum Gasteiger partial charge on any atom is -0.382 e. The molecule has 0 aliphatic rings. The molecule has 0 spiro atoms. The summed E-state index contributed by atoms with van der Waals surface area (Å²) in [7, 11) is 0. The summed E-state index contributed by atoms with van der Waals surface area (Å²) in [6.45, 7) is 6.36. The van der Waals surface area contributed by atoms with Crippen LogP contribution in [-0.4, -0.2) is 19.7 Å². The molecule has 0 bridgehead atoms. The van der Waals surface area contributed by atoms with Gasteiger partial charge >= 0.3 is 0 Å². The van der Waals surface area contributed by atoms with Crippen LogP contribution in [0.2, 0.25) is 0 Å². The minimum absolute atomic E-state index is 0.312. The Hall–Kier alpha value is -2.30. The SMILES string of the molecule is Cc1ccc2c(c1)nc(-c1cc(N)n[nH]1)n2C(C)C. The number of nitrogen functional groups attached to an aromatic ring is 1. The molecular formula is C14H17N5. The number of fused-ring (bicyclic) bond motifs is 1. The summed E-state index contributed by atoms with van der Waals surface area (Å²) >= 11 is 0. The van der Waals surface area contributed by atoms with E-state index in [9.17, 15) is 0 Å². The molecule has 0 amide bonds. The van der Waals surface area contributed by atoms with Gasteiger partial charge in [-0.25, -0.2) is 4.98 Å². The van der Waals surface area contributed by atoms with E-state index in [0.717, 1.165) is 22.6 Å². The molecule has 0 atom stereocenters. The van der Waals surface area contributed by atoms with E-state index in [1.807, 2.05) is 6.07 Å². The molecule has 2 aromatic heterocycles. The lowest BCUT2D eigenvalue weighted by Crippen LogP contribution is -2.03. The lowest BCUT2D eigenvalue weighted by Gasteiger charge is -2.11. The Labute approximate surface area is 111 Å². The maximum Gasteiger partial charge on any atom is 0.159 e. The van der Waals surface area contributed by atoms with Gasteiger partial charge in [0.1, 0.15) is 11.5 Å². The van der Waals surface area contributed by atoms with Crippen LogP contribution in [0, 0.1) is 6.92 Å². The zero-order valence-corrected chi connectivity index (χ0v) is 11.3. The minimum atomic E-state index is 0.312. The highest BCUT2D eigenvalue weighted by molar-refractivity contribution is 5.81. The van der Waals surface area contributed by atoms with E-state index < -0.39 is 0 Å². The molecule has 0 unspecified atom stereocenters. The van der Waals surface area contributed by atoms with Gasteiger partial charge in [-0.1, -0.05) is 6.07 Å². The number of anilines is 1. The second kappa shape index (κ2) is 4.12. The number of hydrogen-bond acceptors (Lipinski definition) is 3. The summed E-state index contributed by atoms with van der Waals surface area (Å²) in [5, 5.41) is 6.91. The predicted octanol–water partition coefficient (Wildman–Crippen LogP) is 2.90. The summed E-state index contributed by atoms with van der Waals surface area (Å²) < 4.78 is 2.20. The van der Waals surface area contributed by atoms with E-state index in [2.05, 4.69) is 53.7 Å². The van der Waals surface area contributed by atoms with E-state index in [-0.39, 0.29) is 0 Å². The Morgan fingerprint density at radius 3 is 2.68 bits per heavy atom. The van der Waals surface area contributed by atoms with Crippen molar-refractivity contribution in [1.82, 2.24) is 19.7 Å². The molecular weight excluding hydrogens is 238 g/mol. The summed E-state index contributed by atoms with van der Waals surface area (Å²) in [6.07, 6.45) is 0. The van der Waals surface area contributed by atoms with Crippen LogP contribution in [0.25, 0.3) is 22.6 Å². The molecule has 3 aromatic rings. The molecule has 98 valence electrons. The normalized spacial score (nSPS) is 11.6. The third-order valence-corrected chi connectivity index (χ3v) is 3.20. The monoisotopic (exact) mass is 255 g/mol. The lowest BCUT2D eigenvalue weighted by atomic mass is 10.2. The Morgan fingerprint density at radius 2 is 2.05 bits per heavy atom. The Bertz CT molecular complexity index is 735. The van der Waals surface area contributed by atoms with Crippen molar-refractivity contribution in [1.29, 1.82) is 0 Å². The highest BCUT2D eigenvalue weighted by Gasteiger charge is 2.16. The molecule has 0 saturated carbocycles. The first-order chi connectivity index (χ1) is 9.06. The number of aromatic nitrogens is 4. The third-order valence-electron chi connectivity index (χ3n) is 3.20. The first kappa shape index (κ1) is 11.8. The van der Waals surface area contributed by atoms with Crippen LogP contribution in [0.1, 0.15) is 25.5 Å². The standard InChI is InChI=1S/C14H17N5/c1-8(2)19-12-5-4-9(3)6-10(12)16-14(19)11-7-13(15)18-17-11/h4-8H,1-3H3,(H3,15,17,18). The Balaban J connectivity index is 2.31. The highest BCUT2D eigenvalue weighted by Crippen LogP contribution is 2.28. The third kappa shape index (κ3) is 1.87. The van der Waals surface area contributed by atoms with Crippen molar-refractivity contribution >= 4 is 16.9 Å². The van der Waals surface area contributed by atoms with Gasteiger partial charge in [0, 0.05) is 12.1 Å². The number of aryl methyl sites for hydroxylation is 1. The van der Waals surface area contributed by atoms with Crippen LogP contribution >= 0.6 is 0 Å². The molecule has 0 radical (unpaired) electrons. The maximum atomic E-state index is 5.68. The second-order valence-corrected chi connectivity index (χ2v) is 5.10. The van der Waals surface area contributed by atoms with Crippen LogP contribution in [0.4, 0.5) is 5.82 Å². The Kier molecular flexibility index (Phi) is 2.55. The smallest absolute Gasteiger partial charge is 0.159 e. The number of benzene rings is 1. The van der Waals surface area contributed by atoms with Crippen molar-refractivity contribution in [3.05, 3.63) is 29.8 Å². The molecule has 1 aromatic carbocycles. The predicted molar refractivity (Wildman–Crippen MR) is 76.8 cm³/mol. The van der Waals surface area contributed by atoms with Gasteiger partial charge < -0.3 is 10.3 Å². The lowest BCUT2D eigenvalue weighted by molar-refractivity contribution is 0.623. The van der Waals surface area contributed by atoms with E-state index >= 15 is 0 Å². The summed E-state index contributed by atoms with van der Waals surface area (Å²) in [5.74, 6) is 1.35. The molecule has 19 heavy (non-hydrogen) atoms. The molecule has 3 N–H and O–H groups in total. The number of H-pyrrole nitrogens is 1. The molecule has 0 aliphatic heterocycles. The molecule has 2 heterocycles.